The van der Waals surface area contributed by atoms with Gasteiger partial charge in [0.15, 0.2) is 5.82 Å². The van der Waals surface area contributed by atoms with E-state index in [1.54, 1.807) is 6.92 Å². The van der Waals surface area contributed by atoms with Crippen molar-refractivity contribution in [1.29, 1.82) is 0 Å². The number of phenols is 1. The summed E-state index contributed by atoms with van der Waals surface area (Å²) in [7, 11) is 0. The highest BCUT2D eigenvalue weighted by Gasteiger charge is 2.16. The molecule has 0 fully saturated rings. The van der Waals surface area contributed by atoms with Crippen molar-refractivity contribution in [2.24, 2.45) is 0 Å². The molecule has 1 aromatic heterocycles. The van der Waals surface area contributed by atoms with E-state index in [9.17, 15) is 14.3 Å². The number of aromatic nitrogens is 2. The summed E-state index contributed by atoms with van der Waals surface area (Å²) in [6.45, 7) is 1.87. The standard InChI is InChI=1S/C12H12FN3O3/c1-7-15-10(16-19-7)5-6-14-12(18)11-8(13)3-2-4-9(11)17/h2-4,17H,5-6H2,1H3,(H,14,18). The minimum absolute atomic E-state index is 0.214. The van der Waals surface area contributed by atoms with Crippen LogP contribution in [-0.2, 0) is 6.42 Å². The number of rotatable bonds is 4. The van der Waals surface area contributed by atoms with Crippen LogP contribution in [0.3, 0.4) is 0 Å². The smallest absolute Gasteiger partial charge is 0.258 e. The first-order valence-electron chi connectivity index (χ1n) is 5.63. The molecule has 0 aliphatic heterocycles. The summed E-state index contributed by atoms with van der Waals surface area (Å²) < 4.78 is 18.2. The van der Waals surface area contributed by atoms with E-state index in [2.05, 4.69) is 15.5 Å². The maximum Gasteiger partial charge on any atom is 0.258 e. The van der Waals surface area contributed by atoms with Crippen LogP contribution >= 0.6 is 0 Å². The topological polar surface area (TPSA) is 88.2 Å². The number of amides is 1. The minimum atomic E-state index is -0.770. The zero-order valence-electron chi connectivity index (χ0n) is 10.2. The summed E-state index contributed by atoms with van der Waals surface area (Å²) in [6, 6.07) is 3.68. The van der Waals surface area contributed by atoms with Crippen LogP contribution in [0, 0.1) is 12.7 Å². The van der Waals surface area contributed by atoms with Crippen LogP contribution < -0.4 is 5.32 Å². The summed E-state index contributed by atoms with van der Waals surface area (Å²) in [4.78, 5) is 15.7. The summed E-state index contributed by atoms with van der Waals surface area (Å²) in [5.41, 5.74) is -0.369. The van der Waals surface area contributed by atoms with E-state index in [0.29, 0.717) is 18.1 Å². The van der Waals surface area contributed by atoms with Crippen molar-refractivity contribution in [3.8, 4) is 5.75 Å². The number of hydrogen-bond acceptors (Lipinski definition) is 5. The fraction of sp³-hybridized carbons (Fsp3) is 0.250. The van der Waals surface area contributed by atoms with E-state index in [-0.39, 0.29) is 12.1 Å². The molecule has 19 heavy (non-hydrogen) atoms. The van der Waals surface area contributed by atoms with Gasteiger partial charge in [0.25, 0.3) is 5.91 Å². The van der Waals surface area contributed by atoms with Gasteiger partial charge in [-0.3, -0.25) is 4.79 Å². The average molecular weight is 265 g/mol. The lowest BCUT2D eigenvalue weighted by Gasteiger charge is -2.06. The van der Waals surface area contributed by atoms with Crippen LogP contribution in [0.1, 0.15) is 22.1 Å². The third-order valence-corrected chi connectivity index (χ3v) is 2.42. The van der Waals surface area contributed by atoms with E-state index in [4.69, 9.17) is 4.52 Å². The van der Waals surface area contributed by atoms with Crippen molar-refractivity contribution in [2.45, 2.75) is 13.3 Å². The van der Waals surface area contributed by atoms with E-state index in [0.717, 1.165) is 6.07 Å². The zero-order valence-corrected chi connectivity index (χ0v) is 10.2. The van der Waals surface area contributed by atoms with E-state index >= 15 is 0 Å². The Labute approximate surface area is 108 Å². The molecule has 0 atom stereocenters. The maximum atomic E-state index is 13.4. The predicted octanol–water partition coefficient (Wildman–Crippen LogP) is 1.20. The number of benzene rings is 1. The fourth-order valence-electron chi connectivity index (χ4n) is 1.56. The molecule has 1 amide bonds. The third-order valence-electron chi connectivity index (χ3n) is 2.42. The van der Waals surface area contributed by atoms with Crippen LogP contribution in [0.5, 0.6) is 5.75 Å². The maximum absolute atomic E-state index is 13.4. The van der Waals surface area contributed by atoms with Crippen molar-refractivity contribution in [3.63, 3.8) is 0 Å². The second-order valence-electron chi connectivity index (χ2n) is 3.87. The quantitative estimate of drug-likeness (QED) is 0.867. The molecule has 0 unspecified atom stereocenters. The Kier molecular flexibility index (Phi) is 3.74. The number of nitrogens with one attached hydrogen (secondary N) is 1. The van der Waals surface area contributed by atoms with Crippen molar-refractivity contribution in [1.82, 2.24) is 15.5 Å². The van der Waals surface area contributed by atoms with Gasteiger partial charge in [-0.15, -0.1) is 0 Å². The molecular weight excluding hydrogens is 253 g/mol. The van der Waals surface area contributed by atoms with Gasteiger partial charge in [-0.1, -0.05) is 11.2 Å². The SMILES string of the molecule is Cc1nc(CCNC(=O)c2c(O)cccc2F)no1. The fourth-order valence-corrected chi connectivity index (χ4v) is 1.56. The van der Waals surface area contributed by atoms with Gasteiger partial charge in [-0.05, 0) is 12.1 Å². The lowest BCUT2D eigenvalue weighted by molar-refractivity contribution is 0.0947. The Balaban J connectivity index is 1.94. The summed E-state index contributed by atoms with van der Waals surface area (Å²) in [5, 5.41) is 15.6. The zero-order chi connectivity index (χ0) is 13.8. The molecule has 0 spiro atoms. The highest BCUT2D eigenvalue weighted by Crippen LogP contribution is 2.19. The molecule has 0 saturated carbocycles. The van der Waals surface area contributed by atoms with Crippen LogP contribution in [0.25, 0.3) is 0 Å². The summed E-state index contributed by atoms with van der Waals surface area (Å²) in [5.74, 6) is -0.958. The molecule has 1 aromatic carbocycles. The van der Waals surface area contributed by atoms with E-state index in [1.165, 1.54) is 12.1 Å². The van der Waals surface area contributed by atoms with Crippen LogP contribution in [0.2, 0.25) is 0 Å². The Hall–Kier alpha value is -2.44. The van der Waals surface area contributed by atoms with E-state index < -0.39 is 17.5 Å². The van der Waals surface area contributed by atoms with Crippen molar-refractivity contribution >= 4 is 5.91 Å². The molecule has 0 saturated heterocycles. The highest BCUT2D eigenvalue weighted by atomic mass is 19.1. The molecule has 2 rings (SSSR count). The van der Waals surface area contributed by atoms with Gasteiger partial charge >= 0.3 is 0 Å². The van der Waals surface area contributed by atoms with Crippen molar-refractivity contribution in [2.75, 3.05) is 6.54 Å². The lowest BCUT2D eigenvalue weighted by atomic mass is 10.1. The molecule has 2 N–H and O–H groups in total. The molecule has 100 valence electrons. The van der Waals surface area contributed by atoms with Gasteiger partial charge in [-0.25, -0.2) is 4.39 Å². The predicted molar refractivity (Wildman–Crippen MR) is 63.1 cm³/mol. The van der Waals surface area contributed by atoms with Gasteiger partial charge in [-0.2, -0.15) is 4.98 Å². The average Bonchev–Trinajstić information content (AvgIpc) is 2.75. The molecule has 0 bridgehead atoms. The molecule has 0 aliphatic rings. The number of nitrogens with zero attached hydrogens (tertiary/aromatic N) is 2. The molecular formula is C12H12FN3O3. The summed E-state index contributed by atoms with van der Waals surface area (Å²) in [6.07, 6.45) is 0.359. The number of aryl methyl sites for hydroxylation is 1. The minimum Gasteiger partial charge on any atom is -0.507 e. The second-order valence-corrected chi connectivity index (χ2v) is 3.87. The molecule has 2 aromatic rings. The molecule has 0 radical (unpaired) electrons. The molecule has 0 aliphatic carbocycles. The van der Waals surface area contributed by atoms with Gasteiger partial charge in [0.2, 0.25) is 5.89 Å². The first-order valence-corrected chi connectivity index (χ1v) is 5.63. The first kappa shape index (κ1) is 13.0. The number of carbonyl (C=O) groups excluding carboxylic acids is 1. The number of carbonyl (C=O) groups is 1. The Morgan fingerprint density at radius 3 is 2.95 bits per heavy atom. The Bertz CT molecular complexity index is 577. The van der Waals surface area contributed by atoms with Crippen LogP contribution in [0.15, 0.2) is 22.7 Å². The third kappa shape index (κ3) is 3.06. The molecule has 1 heterocycles. The monoisotopic (exact) mass is 265 g/mol. The van der Waals surface area contributed by atoms with Gasteiger partial charge in [0.05, 0.1) is 0 Å². The van der Waals surface area contributed by atoms with Gasteiger partial charge < -0.3 is 14.9 Å². The van der Waals surface area contributed by atoms with Gasteiger partial charge in [0.1, 0.15) is 17.1 Å². The first-order chi connectivity index (χ1) is 9.08. The summed E-state index contributed by atoms with van der Waals surface area (Å²) >= 11 is 0. The molecule has 7 heteroatoms. The van der Waals surface area contributed by atoms with E-state index in [1.807, 2.05) is 0 Å². The number of hydrogen-bond donors (Lipinski definition) is 2. The highest BCUT2D eigenvalue weighted by molar-refractivity contribution is 5.97. The van der Waals surface area contributed by atoms with Crippen LogP contribution in [-0.4, -0.2) is 27.7 Å². The van der Waals surface area contributed by atoms with Gasteiger partial charge in [0, 0.05) is 19.9 Å². The number of aromatic hydroxyl groups is 1. The largest absolute Gasteiger partial charge is 0.507 e. The van der Waals surface area contributed by atoms with Crippen LogP contribution in [0.4, 0.5) is 4.39 Å². The second kappa shape index (κ2) is 5.47. The Morgan fingerprint density at radius 1 is 1.53 bits per heavy atom. The van der Waals surface area contributed by atoms with Crippen molar-refractivity contribution in [3.05, 3.63) is 41.3 Å². The lowest BCUT2D eigenvalue weighted by Crippen LogP contribution is -2.26. The Morgan fingerprint density at radius 2 is 2.32 bits per heavy atom. The normalized spacial score (nSPS) is 10.4. The van der Waals surface area contributed by atoms with Crippen molar-refractivity contribution < 1.29 is 18.8 Å². The molecule has 6 nitrogen and oxygen atoms in total. The number of halogens is 1. The number of phenolic OH excluding ortho intramolecular Hbond substituents is 1.